The van der Waals surface area contributed by atoms with Crippen LogP contribution in [0.25, 0.3) is 0 Å². The molecule has 7 nitrogen and oxygen atoms in total. The van der Waals surface area contributed by atoms with Gasteiger partial charge in [-0.2, -0.15) is 0 Å². The smallest absolute Gasteiger partial charge is 0.247 e. The second-order valence-corrected chi connectivity index (χ2v) is 7.59. The fraction of sp³-hybridized carbons (Fsp3) is 0.333. The van der Waals surface area contributed by atoms with Crippen molar-refractivity contribution in [3.63, 3.8) is 0 Å². The maximum Gasteiger partial charge on any atom is 0.247 e. The molecule has 24 heavy (non-hydrogen) atoms. The largest absolute Gasteiger partial charge is 0.325 e. The van der Waals surface area contributed by atoms with Crippen molar-refractivity contribution in [3.05, 3.63) is 42.7 Å². The summed E-state index contributed by atoms with van der Waals surface area (Å²) in [7, 11) is -3.36. The van der Waals surface area contributed by atoms with Crippen LogP contribution in [0, 0.1) is 5.82 Å². The van der Waals surface area contributed by atoms with Gasteiger partial charge in [-0.3, -0.25) is 9.10 Å². The molecule has 9 heteroatoms. The fourth-order valence-electron chi connectivity index (χ4n) is 2.56. The molecule has 1 amide bonds. The highest BCUT2D eigenvalue weighted by Crippen LogP contribution is 2.28. The zero-order valence-electron chi connectivity index (χ0n) is 13.0. The van der Waals surface area contributed by atoms with Crippen molar-refractivity contribution in [3.8, 4) is 0 Å². The van der Waals surface area contributed by atoms with Crippen LogP contribution < -0.4 is 9.62 Å². The van der Waals surface area contributed by atoms with Gasteiger partial charge in [-0.05, 0) is 31.5 Å². The molecule has 0 bridgehead atoms. The quantitative estimate of drug-likeness (QED) is 0.909. The first-order valence-electron chi connectivity index (χ1n) is 7.47. The Morgan fingerprint density at radius 2 is 2.21 bits per heavy atom. The van der Waals surface area contributed by atoms with Gasteiger partial charge in [-0.25, -0.2) is 17.8 Å². The van der Waals surface area contributed by atoms with E-state index in [4.69, 9.17) is 0 Å². The number of anilines is 2. The summed E-state index contributed by atoms with van der Waals surface area (Å²) < 4.78 is 40.8. The zero-order valence-corrected chi connectivity index (χ0v) is 13.8. The predicted molar refractivity (Wildman–Crippen MR) is 87.7 cm³/mol. The molecule has 0 radical (unpaired) electrons. The van der Waals surface area contributed by atoms with Crippen LogP contribution in [0.5, 0.6) is 0 Å². The molecule has 1 saturated heterocycles. The summed E-state index contributed by atoms with van der Waals surface area (Å²) in [4.78, 5) is 16.1. The molecule has 1 aliphatic heterocycles. The van der Waals surface area contributed by atoms with Crippen LogP contribution in [0.1, 0.15) is 19.4 Å². The van der Waals surface area contributed by atoms with Crippen LogP contribution in [0.4, 0.5) is 15.8 Å². The molecule has 0 unspecified atom stereocenters. The highest BCUT2D eigenvalue weighted by molar-refractivity contribution is 7.93. The summed E-state index contributed by atoms with van der Waals surface area (Å²) in [6.07, 6.45) is 5.20. The molecule has 1 aromatic heterocycles. The lowest BCUT2D eigenvalue weighted by Crippen LogP contribution is -2.26. The maximum atomic E-state index is 14.0. The minimum Gasteiger partial charge on any atom is -0.325 e. The molecule has 1 N–H and O–H groups in total. The van der Waals surface area contributed by atoms with Crippen LogP contribution in [0.3, 0.4) is 0 Å². The Labute approximate surface area is 139 Å². The summed E-state index contributed by atoms with van der Waals surface area (Å²) >= 11 is 0. The van der Waals surface area contributed by atoms with Crippen LogP contribution >= 0.6 is 0 Å². The maximum absolute atomic E-state index is 14.0. The van der Waals surface area contributed by atoms with E-state index in [1.165, 1.54) is 22.8 Å². The third-order valence-electron chi connectivity index (χ3n) is 3.95. The second-order valence-electron chi connectivity index (χ2n) is 5.58. The van der Waals surface area contributed by atoms with Gasteiger partial charge in [0, 0.05) is 18.9 Å². The number of benzene rings is 1. The topological polar surface area (TPSA) is 84.3 Å². The third-order valence-corrected chi connectivity index (χ3v) is 5.82. The Bertz CT molecular complexity index is 852. The Balaban J connectivity index is 1.83. The Hall–Kier alpha value is -2.42. The van der Waals surface area contributed by atoms with E-state index in [1.54, 1.807) is 23.9 Å². The molecule has 1 atom stereocenters. The van der Waals surface area contributed by atoms with Gasteiger partial charge in [-0.15, -0.1) is 0 Å². The van der Waals surface area contributed by atoms with Gasteiger partial charge >= 0.3 is 0 Å². The summed E-state index contributed by atoms with van der Waals surface area (Å²) in [6.45, 7) is 2.01. The lowest BCUT2D eigenvalue weighted by molar-refractivity contribution is -0.118. The number of nitrogens with zero attached hydrogens (tertiary/aromatic N) is 3. The number of hydrogen-bond donors (Lipinski definition) is 1. The molecule has 1 aromatic carbocycles. The average Bonchev–Trinajstić information content (AvgIpc) is 3.18. The number of carbonyl (C=O) groups is 1. The van der Waals surface area contributed by atoms with E-state index in [9.17, 15) is 17.6 Å². The normalized spacial score (nSPS) is 17.7. The van der Waals surface area contributed by atoms with Crippen LogP contribution in [-0.2, 0) is 14.8 Å². The number of amides is 1. The number of hydrogen-bond acceptors (Lipinski definition) is 4. The molecule has 0 aliphatic carbocycles. The molecule has 3 rings (SSSR count). The van der Waals surface area contributed by atoms with Crippen molar-refractivity contribution in [2.75, 3.05) is 21.9 Å². The SMILES string of the molecule is C[C@H](C(=O)Nc1cc(N2CCCS2(=O)=O)ccc1F)n1ccnc1. The van der Waals surface area contributed by atoms with Gasteiger partial charge < -0.3 is 9.88 Å². The molecule has 128 valence electrons. The lowest BCUT2D eigenvalue weighted by Gasteiger charge is -2.19. The van der Waals surface area contributed by atoms with Crippen LogP contribution in [0.15, 0.2) is 36.9 Å². The highest BCUT2D eigenvalue weighted by atomic mass is 32.2. The van der Waals surface area contributed by atoms with Crippen molar-refractivity contribution in [1.82, 2.24) is 9.55 Å². The Morgan fingerprint density at radius 1 is 1.42 bits per heavy atom. The monoisotopic (exact) mass is 352 g/mol. The molecule has 0 spiro atoms. The van der Waals surface area contributed by atoms with Gasteiger partial charge in [0.05, 0.1) is 23.5 Å². The third kappa shape index (κ3) is 3.12. The van der Waals surface area contributed by atoms with E-state index in [0.29, 0.717) is 18.7 Å². The average molecular weight is 352 g/mol. The van der Waals surface area contributed by atoms with E-state index >= 15 is 0 Å². The Kier molecular flexibility index (Phi) is 4.27. The van der Waals surface area contributed by atoms with Crippen molar-refractivity contribution in [1.29, 1.82) is 0 Å². The van der Waals surface area contributed by atoms with Gasteiger partial charge in [0.1, 0.15) is 11.9 Å². The molecule has 2 heterocycles. The number of nitrogens with one attached hydrogen (secondary N) is 1. The first kappa shape index (κ1) is 16.4. The van der Waals surface area contributed by atoms with Crippen LogP contribution in [-0.4, -0.2) is 36.2 Å². The summed E-state index contributed by atoms with van der Waals surface area (Å²) in [6, 6.07) is 3.32. The van der Waals surface area contributed by atoms with E-state index in [2.05, 4.69) is 10.3 Å². The van der Waals surface area contributed by atoms with E-state index in [1.807, 2.05) is 0 Å². The number of imidazole rings is 1. The number of carbonyl (C=O) groups excluding carboxylic acids is 1. The molecular weight excluding hydrogens is 335 g/mol. The fourth-order valence-corrected chi connectivity index (χ4v) is 4.12. The van der Waals surface area contributed by atoms with E-state index in [-0.39, 0.29) is 11.4 Å². The van der Waals surface area contributed by atoms with Crippen LogP contribution in [0.2, 0.25) is 0 Å². The van der Waals surface area contributed by atoms with Crippen molar-refractivity contribution >= 4 is 27.3 Å². The second kappa shape index (κ2) is 6.23. The first-order valence-corrected chi connectivity index (χ1v) is 9.08. The van der Waals surface area contributed by atoms with Gasteiger partial charge in [0.2, 0.25) is 15.9 Å². The van der Waals surface area contributed by atoms with Gasteiger partial charge in [0.15, 0.2) is 0 Å². The van der Waals surface area contributed by atoms with Crippen molar-refractivity contribution in [2.24, 2.45) is 0 Å². The summed E-state index contributed by atoms with van der Waals surface area (Å²) in [5, 5.41) is 2.51. The molecule has 2 aromatic rings. The van der Waals surface area contributed by atoms with E-state index in [0.717, 1.165) is 6.07 Å². The molecule has 0 saturated carbocycles. The summed E-state index contributed by atoms with van der Waals surface area (Å²) in [5.74, 6) is -0.973. The molecule has 1 aliphatic rings. The number of sulfonamides is 1. The minimum absolute atomic E-state index is 0.0495. The molecular formula is C15H17FN4O3S. The standard InChI is InChI=1S/C15H17FN4O3S/c1-11(19-7-5-17-10-19)15(21)18-14-9-12(3-4-13(14)16)20-6-2-8-24(20,22)23/h3-5,7,9-11H,2,6,8H2,1H3,(H,18,21)/t11-/m1/s1. The van der Waals surface area contributed by atoms with Gasteiger partial charge in [-0.1, -0.05) is 0 Å². The summed E-state index contributed by atoms with van der Waals surface area (Å²) in [5.41, 5.74) is 0.297. The highest BCUT2D eigenvalue weighted by Gasteiger charge is 2.29. The lowest BCUT2D eigenvalue weighted by atomic mass is 10.2. The zero-order chi connectivity index (χ0) is 17.3. The van der Waals surface area contributed by atoms with Gasteiger partial charge in [0.25, 0.3) is 0 Å². The first-order chi connectivity index (χ1) is 11.4. The minimum atomic E-state index is -3.36. The van der Waals surface area contributed by atoms with Crippen molar-refractivity contribution < 1.29 is 17.6 Å². The number of aromatic nitrogens is 2. The Morgan fingerprint density at radius 3 is 2.83 bits per heavy atom. The predicted octanol–water partition coefficient (Wildman–Crippen LogP) is 1.76. The van der Waals surface area contributed by atoms with E-state index < -0.39 is 27.8 Å². The molecule has 1 fully saturated rings. The number of rotatable bonds is 4. The number of halogens is 1. The van der Waals surface area contributed by atoms with Crippen molar-refractivity contribution in [2.45, 2.75) is 19.4 Å².